The van der Waals surface area contributed by atoms with Crippen LogP contribution in [0.3, 0.4) is 0 Å². The maximum absolute atomic E-state index is 8.57. The average Bonchev–Trinajstić information content (AvgIpc) is 2.56. The number of benzene rings is 2. The highest BCUT2D eigenvalue weighted by molar-refractivity contribution is 5.85. The van der Waals surface area contributed by atoms with Crippen molar-refractivity contribution in [2.45, 2.75) is 27.3 Å². The third kappa shape index (κ3) is 6.48. The molecule has 122 valence electrons. The van der Waals surface area contributed by atoms with Crippen molar-refractivity contribution in [2.75, 3.05) is 13.5 Å². The van der Waals surface area contributed by atoms with Crippen LogP contribution in [0.2, 0.25) is 0 Å². The van der Waals surface area contributed by atoms with Crippen LogP contribution in [0.1, 0.15) is 31.8 Å². The van der Waals surface area contributed by atoms with Gasteiger partial charge in [-0.3, -0.25) is 4.90 Å². The van der Waals surface area contributed by atoms with Crippen molar-refractivity contribution in [1.82, 2.24) is 4.90 Å². The number of likely N-dealkylation sites (N-methyl/N-ethyl adjacent to an activating group) is 1. The lowest BCUT2D eigenvalue weighted by Crippen LogP contribution is -2.17. The number of allylic oxidation sites excluding steroid dienone is 1. The van der Waals surface area contributed by atoms with Crippen molar-refractivity contribution in [3.05, 3.63) is 60.2 Å². The molecule has 0 saturated heterocycles. The van der Waals surface area contributed by atoms with Gasteiger partial charge in [0.25, 0.3) is 0 Å². The predicted molar refractivity (Wildman–Crippen MR) is 104 cm³/mol. The summed E-state index contributed by atoms with van der Waals surface area (Å²) >= 11 is 0. The highest BCUT2D eigenvalue weighted by Gasteiger charge is 2.03. The lowest BCUT2D eigenvalue weighted by atomic mass is 9.98. The summed E-state index contributed by atoms with van der Waals surface area (Å²) in [5.74, 6) is 5.85. The van der Waals surface area contributed by atoms with Crippen LogP contribution in [0.4, 0.5) is 0 Å². The van der Waals surface area contributed by atoms with Gasteiger partial charge in [-0.1, -0.05) is 60.4 Å². The molecular weight excluding hydrogens is 302 g/mol. The highest BCUT2D eigenvalue weighted by atomic mass is 35.5. The van der Waals surface area contributed by atoms with Gasteiger partial charge in [0, 0.05) is 23.9 Å². The molecule has 0 bridgehead atoms. The molecule has 0 spiro atoms. The molecule has 0 aliphatic rings. The Morgan fingerprint density at radius 3 is 2.57 bits per heavy atom. The molecule has 2 aromatic carbocycles. The Kier molecular flexibility index (Phi) is 5.21. The van der Waals surface area contributed by atoms with E-state index in [1.54, 1.807) is 12.1 Å². The minimum atomic E-state index is -1.99. The Bertz CT molecular complexity index is 868. The first-order valence-corrected chi connectivity index (χ1v) is 7.38. The van der Waals surface area contributed by atoms with Crippen LogP contribution in [0.15, 0.2) is 54.6 Å². The van der Waals surface area contributed by atoms with E-state index in [0.717, 1.165) is 15.7 Å². The van der Waals surface area contributed by atoms with Crippen LogP contribution in [0.5, 0.6) is 0 Å². The first kappa shape index (κ1) is 13.7. The molecule has 0 unspecified atom stereocenters. The molecule has 0 aliphatic heterocycles. The zero-order valence-electron chi connectivity index (χ0n) is 18.1. The SMILES string of the molecule is Cl.[2H]C([2H])(/C=C/C#CC(C)(C)C)N(C)C([2H])([2H])c1cccc2ccccc12. The second-order valence-electron chi connectivity index (χ2n) is 6.18. The Balaban J connectivity index is 0.00000364. The third-order valence-corrected chi connectivity index (χ3v) is 2.96. The topological polar surface area (TPSA) is 3.24 Å². The molecule has 0 fully saturated rings. The first-order chi connectivity index (χ1) is 12.0. The molecule has 0 amide bonds. The van der Waals surface area contributed by atoms with E-state index in [9.17, 15) is 0 Å². The minimum Gasteiger partial charge on any atom is -0.298 e. The van der Waals surface area contributed by atoms with E-state index in [0.29, 0.717) is 5.56 Å². The van der Waals surface area contributed by atoms with Gasteiger partial charge >= 0.3 is 0 Å². The summed E-state index contributed by atoms with van der Waals surface area (Å²) < 4.78 is 33.7. The Morgan fingerprint density at radius 1 is 1.13 bits per heavy atom. The van der Waals surface area contributed by atoms with Crippen molar-refractivity contribution in [2.24, 2.45) is 5.41 Å². The zero-order chi connectivity index (χ0) is 19.6. The van der Waals surface area contributed by atoms with Crippen molar-refractivity contribution in [3.63, 3.8) is 0 Å². The molecule has 1 nitrogen and oxygen atoms in total. The Labute approximate surface area is 152 Å². The second kappa shape index (κ2) is 8.77. The first-order valence-electron chi connectivity index (χ1n) is 9.38. The monoisotopic (exact) mass is 331 g/mol. The fraction of sp³-hybridized carbons (Fsp3) is 0.333. The van der Waals surface area contributed by atoms with Gasteiger partial charge in [0.05, 0.1) is 0 Å². The molecule has 0 N–H and O–H groups in total. The van der Waals surface area contributed by atoms with E-state index < -0.39 is 13.0 Å². The van der Waals surface area contributed by atoms with Crippen LogP contribution in [-0.2, 0) is 6.50 Å². The van der Waals surface area contributed by atoms with Crippen molar-refractivity contribution in [1.29, 1.82) is 0 Å². The summed E-state index contributed by atoms with van der Waals surface area (Å²) in [5.41, 5.74) is 0.275. The molecule has 0 atom stereocenters. The lowest BCUT2D eigenvalue weighted by molar-refractivity contribution is 0.365. The summed E-state index contributed by atoms with van der Waals surface area (Å²) in [6.07, 6.45) is 2.76. The molecule has 2 heteroatoms. The molecule has 0 heterocycles. The van der Waals surface area contributed by atoms with Gasteiger partial charge in [-0.2, -0.15) is 0 Å². The number of halogens is 1. The molecule has 0 saturated carbocycles. The van der Waals surface area contributed by atoms with Gasteiger partial charge in [-0.05, 0) is 50.2 Å². The van der Waals surface area contributed by atoms with Crippen LogP contribution in [0, 0.1) is 17.3 Å². The van der Waals surface area contributed by atoms with E-state index in [1.807, 2.05) is 51.1 Å². The summed E-state index contributed by atoms with van der Waals surface area (Å²) in [4.78, 5) is 1.09. The van der Waals surface area contributed by atoms with Crippen molar-refractivity contribution >= 4 is 23.2 Å². The van der Waals surface area contributed by atoms with Crippen molar-refractivity contribution < 1.29 is 5.48 Å². The van der Waals surface area contributed by atoms with Gasteiger partial charge in [-0.25, -0.2) is 0 Å². The lowest BCUT2D eigenvalue weighted by Gasteiger charge is -2.15. The summed E-state index contributed by atoms with van der Waals surface area (Å²) in [7, 11) is 1.45. The maximum Gasteiger partial charge on any atom is 0.0481 e. The van der Waals surface area contributed by atoms with Crippen LogP contribution < -0.4 is 0 Å². The molecule has 2 rings (SSSR count). The highest BCUT2D eigenvalue weighted by Crippen LogP contribution is 2.19. The number of hydrogen-bond acceptors (Lipinski definition) is 1. The van der Waals surface area contributed by atoms with E-state index in [2.05, 4.69) is 11.8 Å². The van der Waals surface area contributed by atoms with Gasteiger partial charge in [0.15, 0.2) is 0 Å². The molecular formula is C21H26ClN. The minimum absolute atomic E-state index is 0. The predicted octanol–water partition coefficient (Wildman–Crippen LogP) is 5.30. The fourth-order valence-electron chi connectivity index (χ4n) is 1.98. The van der Waals surface area contributed by atoms with E-state index in [4.69, 9.17) is 5.48 Å². The van der Waals surface area contributed by atoms with E-state index >= 15 is 0 Å². The summed E-state index contributed by atoms with van der Waals surface area (Å²) in [6.45, 7) is 1.95. The second-order valence-corrected chi connectivity index (χ2v) is 6.18. The quantitative estimate of drug-likeness (QED) is 0.687. The van der Waals surface area contributed by atoms with Gasteiger partial charge in [-0.15, -0.1) is 12.4 Å². The normalized spacial score (nSPS) is 15.2. The van der Waals surface area contributed by atoms with Gasteiger partial charge in [0.2, 0.25) is 0 Å². The van der Waals surface area contributed by atoms with Crippen LogP contribution in [0.25, 0.3) is 10.8 Å². The molecule has 0 radical (unpaired) electrons. The fourth-order valence-corrected chi connectivity index (χ4v) is 1.98. The smallest absolute Gasteiger partial charge is 0.0481 e. The number of hydrogen-bond donors (Lipinski definition) is 0. The van der Waals surface area contributed by atoms with Gasteiger partial charge < -0.3 is 0 Å². The average molecular weight is 332 g/mol. The molecule has 23 heavy (non-hydrogen) atoms. The standard InChI is InChI=1S/C21H25N.ClH/c1-21(2,3)15-8-5-9-16-22(4)17-19-13-10-12-18-11-6-7-14-20(18)19;/h5-7,9-14H,16-17H2,1-4H3;1H/b9-5+;/i16D2,17D2;. The molecule has 0 aromatic heterocycles. The molecule has 2 aromatic rings. The zero-order valence-corrected chi connectivity index (χ0v) is 14.9. The maximum atomic E-state index is 8.57. The van der Waals surface area contributed by atoms with Crippen molar-refractivity contribution in [3.8, 4) is 11.8 Å². The largest absolute Gasteiger partial charge is 0.298 e. The Hall–Kier alpha value is -1.75. The Morgan fingerprint density at radius 2 is 1.83 bits per heavy atom. The van der Waals surface area contributed by atoms with Crippen LogP contribution in [-0.4, -0.2) is 18.4 Å². The summed E-state index contributed by atoms with van der Waals surface area (Å²) in [6, 6.07) is 13.0. The number of rotatable bonds is 4. The number of fused-ring (bicyclic) bond motifs is 1. The summed E-state index contributed by atoms with van der Waals surface area (Å²) in [5, 5.41) is 1.70. The number of nitrogens with zero attached hydrogens (tertiary/aromatic N) is 1. The molecule has 0 aliphatic carbocycles. The van der Waals surface area contributed by atoms with E-state index in [-0.39, 0.29) is 17.8 Å². The van der Waals surface area contributed by atoms with Crippen LogP contribution >= 0.6 is 12.4 Å². The van der Waals surface area contributed by atoms with Gasteiger partial charge in [0.1, 0.15) is 0 Å². The third-order valence-electron chi connectivity index (χ3n) is 2.96. The van der Waals surface area contributed by atoms with E-state index in [1.165, 1.54) is 19.2 Å².